The van der Waals surface area contributed by atoms with Crippen LogP contribution in [0.15, 0.2) is 30.5 Å². The lowest BCUT2D eigenvalue weighted by Gasteiger charge is -2.39. The SMILES string of the molecule is CC1CCC(CO)(NCc2ccc3[nH]ccc3c2)CC1. The molecular weight excluding hydrogens is 248 g/mol. The maximum absolute atomic E-state index is 9.78. The molecule has 1 aromatic heterocycles. The first kappa shape index (κ1) is 13.7. The maximum atomic E-state index is 9.78. The molecule has 1 aliphatic carbocycles. The number of rotatable bonds is 4. The maximum Gasteiger partial charge on any atom is 0.0613 e. The molecule has 3 nitrogen and oxygen atoms in total. The highest BCUT2D eigenvalue weighted by molar-refractivity contribution is 5.79. The van der Waals surface area contributed by atoms with Gasteiger partial charge in [0.15, 0.2) is 0 Å². The van der Waals surface area contributed by atoms with Gasteiger partial charge in [-0.05, 0) is 60.7 Å². The van der Waals surface area contributed by atoms with Gasteiger partial charge >= 0.3 is 0 Å². The Morgan fingerprint density at radius 1 is 1.30 bits per heavy atom. The molecule has 0 saturated heterocycles. The summed E-state index contributed by atoms with van der Waals surface area (Å²) < 4.78 is 0. The molecule has 3 rings (SSSR count). The van der Waals surface area contributed by atoms with Crippen LogP contribution in [0.2, 0.25) is 0 Å². The second-order valence-electron chi connectivity index (χ2n) is 6.37. The highest BCUT2D eigenvalue weighted by Crippen LogP contribution is 2.31. The Morgan fingerprint density at radius 3 is 2.85 bits per heavy atom. The van der Waals surface area contributed by atoms with Gasteiger partial charge in [-0.3, -0.25) is 0 Å². The monoisotopic (exact) mass is 272 g/mol. The summed E-state index contributed by atoms with van der Waals surface area (Å²) in [4.78, 5) is 3.22. The molecule has 108 valence electrons. The van der Waals surface area contributed by atoms with E-state index < -0.39 is 0 Å². The Kier molecular flexibility index (Phi) is 3.81. The third-order valence-corrected chi connectivity index (χ3v) is 4.82. The van der Waals surface area contributed by atoms with Crippen LogP contribution in [0, 0.1) is 5.92 Å². The summed E-state index contributed by atoms with van der Waals surface area (Å²) in [5.74, 6) is 0.799. The molecule has 1 aliphatic rings. The van der Waals surface area contributed by atoms with E-state index in [0.717, 1.165) is 25.3 Å². The molecule has 1 aromatic carbocycles. The molecule has 0 radical (unpaired) electrons. The topological polar surface area (TPSA) is 48.0 Å². The third kappa shape index (κ3) is 2.74. The van der Waals surface area contributed by atoms with E-state index in [9.17, 15) is 5.11 Å². The van der Waals surface area contributed by atoms with Gasteiger partial charge in [0, 0.05) is 23.8 Å². The molecule has 1 heterocycles. The normalized spacial score (nSPS) is 27.0. The third-order valence-electron chi connectivity index (χ3n) is 4.82. The van der Waals surface area contributed by atoms with E-state index in [2.05, 4.69) is 41.5 Å². The Hall–Kier alpha value is -1.32. The fourth-order valence-electron chi connectivity index (χ4n) is 3.21. The summed E-state index contributed by atoms with van der Waals surface area (Å²) in [7, 11) is 0. The van der Waals surface area contributed by atoms with Crippen molar-refractivity contribution in [2.75, 3.05) is 6.61 Å². The van der Waals surface area contributed by atoms with E-state index in [1.165, 1.54) is 29.3 Å². The highest BCUT2D eigenvalue weighted by Gasteiger charge is 2.32. The Bertz CT molecular complexity index is 567. The van der Waals surface area contributed by atoms with Gasteiger partial charge in [-0.25, -0.2) is 0 Å². The minimum atomic E-state index is -0.0698. The molecule has 1 fully saturated rings. The van der Waals surface area contributed by atoms with Crippen LogP contribution in [0.3, 0.4) is 0 Å². The number of fused-ring (bicyclic) bond motifs is 1. The van der Waals surface area contributed by atoms with Gasteiger partial charge in [0.1, 0.15) is 0 Å². The smallest absolute Gasteiger partial charge is 0.0613 e. The number of hydrogen-bond donors (Lipinski definition) is 3. The predicted molar refractivity (Wildman–Crippen MR) is 82.6 cm³/mol. The first-order chi connectivity index (χ1) is 9.71. The highest BCUT2D eigenvalue weighted by atomic mass is 16.3. The van der Waals surface area contributed by atoms with Crippen molar-refractivity contribution in [3.05, 3.63) is 36.0 Å². The standard InChI is InChI=1S/C17H24N2O/c1-13-4-7-17(12-20,8-5-13)19-11-14-2-3-16-15(10-14)6-9-18-16/h2-3,6,9-10,13,18-20H,4-5,7-8,11-12H2,1H3. The van der Waals surface area contributed by atoms with Crippen molar-refractivity contribution in [2.45, 2.75) is 44.7 Å². The van der Waals surface area contributed by atoms with Crippen molar-refractivity contribution in [1.82, 2.24) is 10.3 Å². The Balaban J connectivity index is 1.67. The van der Waals surface area contributed by atoms with Crippen LogP contribution in [-0.4, -0.2) is 22.2 Å². The number of aliphatic hydroxyl groups is 1. The largest absolute Gasteiger partial charge is 0.394 e. The van der Waals surface area contributed by atoms with E-state index in [1.807, 2.05) is 6.20 Å². The molecule has 0 aliphatic heterocycles. The van der Waals surface area contributed by atoms with Gasteiger partial charge in [-0.15, -0.1) is 0 Å². The molecule has 0 spiro atoms. The van der Waals surface area contributed by atoms with Crippen LogP contribution in [0.4, 0.5) is 0 Å². The van der Waals surface area contributed by atoms with Gasteiger partial charge in [0.25, 0.3) is 0 Å². The minimum Gasteiger partial charge on any atom is -0.394 e. The van der Waals surface area contributed by atoms with E-state index >= 15 is 0 Å². The van der Waals surface area contributed by atoms with Crippen LogP contribution >= 0.6 is 0 Å². The number of hydrogen-bond acceptors (Lipinski definition) is 2. The van der Waals surface area contributed by atoms with Gasteiger partial charge in [-0.2, -0.15) is 0 Å². The zero-order valence-electron chi connectivity index (χ0n) is 12.2. The fraction of sp³-hybridized carbons (Fsp3) is 0.529. The van der Waals surface area contributed by atoms with Crippen molar-refractivity contribution < 1.29 is 5.11 Å². The molecule has 3 heteroatoms. The van der Waals surface area contributed by atoms with Crippen molar-refractivity contribution in [2.24, 2.45) is 5.92 Å². The number of nitrogens with one attached hydrogen (secondary N) is 2. The van der Waals surface area contributed by atoms with E-state index in [0.29, 0.717) is 0 Å². The van der Waals surface area contributed by atoms with Crippen LogP contribution in [0.25, 0.3) is 10.9 Å². The lowest BCUT2D eigenvalue weighted by Crippen LogP contribution is -2.50. The number of aromatic nitrogens is 1. The first-order valence-electron chi connectivity index (χ1n) is 7.63. The van der Waals surface area contributed by atoms with E-state index in [1.54, 1.807) is 0 Å². The summed E-state index contributed by atoms with van der Waals surface area (Å²) in [6.45, 7) is 3.38. The zero-order valence-corrected chi connectivity index (χ0v) is 12.2. The number of aliphatic hydroxyl groups excluding tert-OH is 1. The number of aromatic amines is 1. The molecule has 0 bridgehead atoms. The lowest BCUT2D eigenvalue weighted by atomic mass is 9.77. The second-order valence-corrected chi connectivity index (χ2v) is 6.37. The molecule has 2 aromatic rings. The van der Waals surface area contributed by atoms with Crippen LogP contribution in [0.5, 0.6) is 0 Å². The zero-order chi connectivity index (χ0) is 14.0. The molecule has 0 atom stereocenters. The van der Waals surface area contributed by atoms with Crippen molar-refractivity contribution in [3.8, 4) is 0 Å². The summed E-state index contributed by atoms with van der Waals surface area (Å²) in [5.41, 5.74) is 2.39. The van der Waals surface area contributed by atoms with E-state index in [-0.39, 0.29) is 12.1 Å². The summed E-state index contributed by atoms with van der Waals surface area (Å²) in [6, 6.07) is 8.60. The molecule has 0 unspecified atom stereocenters. The number of benzene rings is 1. The lowest BCUT2D eigenvalue weighted by molar-refractivity contribution is 0.104. The average Bonchev–Trinajstić information content (AvgIpc) is 2.95. The molecule has 3 N–H and O–H groups in total. The predicted octanol–water partition coefficient (Wildman–Crippen LogP) is 3.20. The Labute approximate surface area is 120 Å². The minimum absolute atomic E-state index is 0.0698. The quantitative estimate of drug-likeness (QED) is 0.800. The number of H-pyrrole nitrogens is 1. The van der Waals surface area contributed by atoms with Gasteiger partial charge in [0.05, 0.1) is 6.61 Å². The fourth-order valence-corrected chi connectivity index (χ4v) is 3.21. The van der Waals surface area contributed by atoms with Gasteiger partial charge in [-0.1, -0.05) is 13.0 Å². The van der Waals surface area contributed by atoms with Crippen molar-refractivity contribution in [3.63, 3.8) is 0 Å². The Morgan fingerprint density at radius 2 is 2.10 bits per heavy atom. The van der Waals surface area contributed by atoms with Crippen LogP contribution < -0.4 is 5.32 Å². The van der Waals surface area contributed by atoms with E-state index in [4.69, 9.17) is 0 Å². The van der Waals surface area contributed by atoms with Gasteiger partial charge in [0.2, 0.25) is 0 Å². The molecule has 0 amide bonds. The summed E-state index contributed by atoms with van der Waals surface area (Å²) >= 11 is 0. The second kappa shape index (κ2) is 5.58. The molecule has 20 heavy (non-hydrogen) atoms. The average molecular weight is 272 g/mol. The summed E-state index contributed by atoms with van der Waals surface area (Å²) in [5, 5.41) is 14.6. The van der Waals surface area contributed by atoms with Crippen molar-refractivity contribution in [1.29, 1.82) is 0 Å². The first-order valence-corrected chi connectivity index (χ1v) is 7.63. The van der Waals surface area contributed by atoms with Crippen LogP contribution in [0.1, 0.15) is 38.2 Å². The van der Waals surface area contributed by atoms with Gasteiger partial charge < -0.3 is 15.4 Å². The molecule has 1 saturated carbocycles. The molecular formula is C17H24N2O. The van der Waals surface area contributed by atoms with Crippen LogP contribution in [-0.2, 0) is 6.54 Å². The van der Waals surface area contributed by atoms with Crippen molar-refractivity contribution >= 4 is 10.9 Å². The summed E-state index contributed by atoms with van der Waals surface area (Å²) in [6.07, 6.45) is 6.56.